The molecule has 1 aliphatic carbocycles. The smallest absolute Gasteiger partial charge is 0.160 e. The Kier molecular flexibility index (Phi) is 14.2. The zero-order valence-corrected chi connectivity index (χ0v) is 22.9. The number of imidazole rings is 1. The van der Waals surface area contributed by atoms with Crippen molar-refractivity contribution in [3.63, 3.8) is 0 Å². The summed E-state index contributed by atoms with van der Waals surface area (Å²) in [7, 11) is 0.673. The van der Waals surface area contributed by atoms with Crippen LogP contribution in [0.15, 0.2) is 65.7 Å². The van der Waals surface area contributed by atoms with E-state index < -0.39 is 11.0 Å². The Balaban J connectivity index is 0.00000265. The van der Waals surface area contributed by atoms with Crippen LogP contribution in [0.3, 0.4) is 0 Å². The van der Waals surface area contributed by atoms with Gasteiger partial charge in [0.15, 0.2) is 5.03 Å². The summed E-state index contributed by atoms with van der Waals surface area (Å²) in [5.41, 5.74) is 2.67. The minimum Gasteiger partial charge on any atom is -0.339 e. The molecule has 1 fully saturated rings. The van der Waals surface area contributed by atoms with Gasteiger partial charge in [0.05, 0.1) is 6.33 Å². The van der Waals surface area contributed by atoms with Crippen molar-refractivity contribution in [2.75, 3.05) is 13.1 Å². The minimum absolute atomic E-state index is 0.396. The van der Waals surface area contributed by atoms with Crippen molar-refractivity contribution in [2.45, 2.75) is 78.7 Å². The lowest BCUT2D eigenvalue weighted by atomic mass is 9.84. The van der Waals surface area contributed by atoms with Crippen LogP contribution in [0, 0.1) is 17.8 Å². The Morgan fingerprint density at radius 1 is 1.27 bits per heavy atom. The van der Waals surface area contributed by atoms with Crippen molar-refractivity contribution < 1.29 is 4.21 Å². The lowest BCUT2D eigenvalue weighted by Crippen LogP contribution is -2.34. The third-order valence-corrected chi connectivity index (χ3v) is 7.84. The number of nitrogens with zero attached hydrogens (tertiary/aromatic N) is 3. The first-order valence-electron chi connectivity index (χ1n) is 12.6. The van der Waals surface area contributed by atoms with E-state index in [4.69, 9.17) is 0 Å². The molecule has 0 radical (unpaired) electrons. The van der Waals surface area contributed by atoms with Crippen LogP contribution >= 0.6 is 0 Å². The van der Waals surface area contributed by atoms with E-state index in [-0.39, 0.29) is 0 Å². The van der Waals surface area contributed by atoms with Gasteiger partial charge in [0.25, 0.3) is 0 Å². The first kappa shape index (κ1) is 29.3. The van der Waals surface area contributed by atoms with Crippen LogP contribution < -0.4 is 0 Å². The molecule has 1 aromatic heterocycles. The highest BCUT2D eigenvalue weighted by Crippen LogP contribution is 2.36. The summed E-state index contributed by atoms with van der Waals surface area (Å²) in [4.78, 5) is 4.37. The maximum atomic E-state index is 13.4. The number of allylic oxidation sites excluding steroid dienone is 6. The van der Waals surface area contributed by atoms with Gasteiger partial charge in [-0.3, -0.25) is 0 Å². The molecule has 0 amide bonds. The summed E-state index contributed by atoms with van der Waals surface area (Å²) < 4.78 is 17.4. The summed E-state index contributed by atoms with van der Waals surface area (Å²) in [6.07, 6.45) is 19.5. The van der Waals surface area contributed by atoms with Gasteiger partial charge in [-0.2, -0.15) is 0 Å². The van der Waals surface area contributed by atoms with Crippen LogP contribution in [0.2, 0.25) is 0 Å². The molecule has 1 heterocycles. The number of aromatic nitrogens is 2. The van der Waals surface area contributed by atoms with Gasteiger partial charge in [-0.1, -0.05) is 88.6 Å². The van der Waals surface area contributed by atoms with Crippen molar-refractivity contribution in [1.82, 2.24) is 13.9 Å². The molecule has 0 spiro atoms. The summed E-state index contributed by atoms with van der Waals surface area (Å²) in [6, 6.07) is 0. The van der Waals surface area contributed by atoms with E-state index in [0.717, 1.165) is 32.4 Å². The third kappa shape index (κ3) is 9.97. The van der Waals surface area contributed by atoms with E-state index in [1.807, 2.05) is 56.8 Å². The van der Waals surface area contributed by atoms with Gasteiger partial charge in [-0.15, -0.1) is 0 Å². The molecule has 1 aliphatic rings. The predicted octanol–water partition coefficient (Wildman–Crippen LogP) is 7.26. The van der Waals surface area contributed by atoms with Crippen molar-refractivity contribution in [1.29, 1.82) is 0 Å². The topological polar surface area (TPSA) is 38.1 Å². The molecule has 186 valence electrons. The van der Waals surface area contributed by atoms with Crippen molar-refractivity contribution in [2.24, 2.45) is 24.8 Å². The van der Waals surface area contributed by atoms with Gasteiger partial charge in [0.1, 0.15) is 11.0 Å². The maximum absolute atomic E-state index is 13.4. The van der Waals surface area contributed by atoms with Crippen LogP contribution in [0.4, 0.5) is 0 Å². The summed E-state index contributed by atoms with van der Waals surface area (Å²) in [5.74, 6) is 1.59. The predicted molar refractivity (Wildman–Crippen MR) is 144 cm³/mol. The van der Waals surface area contributed by atoms with Gasteiger partial charge >= 0.3 is 0 Å². The van der Waals surface area contributed by atoms with Gasteiger partial charge in [0.2, 0.25) is 0 Å². The van der Waals surface area contributed by atoms with Gasteiger partial charge in [0, 0.05) is 26.3 Å². The summed E-state index contributed by atoms with van der Waals surface area (Å²) in [6.45, 7) is 18.9. The third-order valence-electron chi connectivity index (χ3n) is 6.47. The first-order valence-corrected chi connectivity index (χ1v) is 13.7. The Hall–Kier alpha value is -1.72. The number of hydrogen-bond acceptors (Lipinski definition) is 2. The molecule has 33 heavy (non-hydrogen) atoms. The van der Waals surface area contributed by atoms with Crippen molar-refractivity contribution >= 4 is 11.0 Å². The van der Waals surface area contributed by atoms with Crippen LogP contribution in [0.25, 0.3) is 0 Å². The lowest BCUT2D eigenvalue weighted by Gasteiger charge is -2.29. The largest absolute Gasteiger partial charge is 0.339 e. The highest BCUT2D eigenvalue weighted by Gasteiger charge is 2.29. The van der Waals surface area contributed by atoms with Crippen LogP contribution in [-0.4, -0.2) is 31.2 Å². The van der Waals surface area contributed by atoms with Gasteiger partial charge in [-0.05, 0) is 50.9 Å². The van der Waals surface area contributed by atoms with E-state index >= 15 is 0 Å². The van der Waals surface area contributed by atoms with Crippen LogP contribution in [0.5, 0.6) is 0 Å². The molecule has 5 heteroatoms. The minimum atomic E-state index is -1.25. The Morgan fingerprint density at radius 3 is 2.64 bits per heavy atom. The molecule has 4 atom stereocenters. The molecule has 4 nitrogen and oxygen atoms in total. The molecule has 0 aromatic carbocycles. The monoisotopic (exact) mass is 473 g/mol. The molecule has 1 aromatic rings. The molecule has 2 rings (SSSR count). The Morgan fingerprint density at radius 2 is 2.00 bits per heavy atom. The SMILES string of the molecule is C=C1C(CN(CCC/C(C)=C/C=C\C=C/C)S(=O)c2cn(C)cn2)CCCC(C)[C@@H]1C.CC. The van der Waals surface area contributed by atoms with Crippen LogP contribution in [0.1, 0.15) is 73.6 Å². The van der Waals surface area contributed by atoms with Crippen LogP contribution in [-0.2, 0) is 18.0 Å². The fraction of sp³-hybridized carbons (Fsp3) is 0.607. The van der Waals surface area contributed by atoms with E-state index in [1.165, 1.54) is 24.0 Å². The zero-order valence-electron chi connectivity index (χ0n) is 22.1. The van der Waals surface area contributed by atoms with E-state index in [2.05, 4.69) is 48.8 Å². The molecular formula is C28H47N3OS. The van der Waals surface area contributed by atoms with E-state index in [0.29, 0.717) is 22.8 Å². The molecular weight excluding hydrogens is 426 g/mol. The number of hydrogen-bond donors (Lipinski definition) is 0. The fourth-order valence-corrected chi connectivity index (χ4v) is 5.45. The Bertz CT molecular complexity index is 821. The zero-order chi connectivity index (χ0) is 24.8. The molecule has 0 aliphatic heterocycles. The average Bonchev–Trinajstić information content (AvgIpc) is 3.21. The highest BCUT2D eigenvalue weighted by atomic mass is 32.2. The average molecular weight is 474 g/mol. The lowest BCUT2D eigenvalue weighted by molar-refractivity contribution is 0.356. The summed E-state index contributed by atoms with van der Waals surface area (Å²) in [5, 5.41) is 0.643. The van der Waals surface area contributed by atoms with Crippen molar-refractivity contribution in [3.05, 3.63) is 60.6 Å². The second kappa shape index (κ2) is 16.0. The quantitative estimate of drug-likeness (QED) is 0.204. The first-order chi connectivity index (χ1) is 15.8. The number of aryl methyl sites for hydroxylation is 1. The maximum Gasteiger partial charge on any atom is 0.160 e. The van der Waals surface area contributed by atoms with Crippen molar-refractivity contribution in [3.8, 4) is 0 Å². The molecule has 0 saturated heterocycles. The standard InChI is InChI=1S/C26H41N3OS.C2H6/c1-7-8-9-10-13-21(2)14-12-17-29(31(30)26-19-28(6)20-27-26)18-25-16-11-15-22(3)23(4)24(25)5;1-2/h7-10,13,19-20,22-23,25H,5,11-12,14-18H2,1-4,6H3;1-2H3/b8-7-,10-9-,21-13+;/t22?,23-,25?,31?;/m0./s1. The van der Waals surface area contributed by atoms with E-state index in [9.17, 15) is 4.21 Å². The number of rotatable bonds is 10. The second-order valence-electron chi connectivity index (χ2n) is 9.01. The molecule has 0 N–H and O–H groups in total. The molecule has 3 unspecified atom stereocenters. The molecule has 0 bridgehead atoms. The van der Waals surface area contributed by atoms with Gasteiger partial charge in [-0.25, -0.2) is 13.5 Å². The normalized spacial score (nSPS) is 23.1. The second-order valence-corrected chi connectivity index (χ2v) is 10.4. The molecule has 1 saturated carbocycles. The fourth-order valence-electron chi connectivity index (χ4n) is 4.18. The Labute approximate surface area is 206 Å². The van der Waals surface area contributed by atoms with E-state index in [1.54, 1.807) is 6.33 Å². The summed E-state index contributed by atoms with van der Waals surface area (Å²) >= 11 is 0. The van der Waals surface area contributed by atoms with Gasteiger partial charge < -0.3 is 4.57 Å². The highest BCUT2D eigenvalue weighted by molar-refractivity contribution is 7.82.